The second kappa shape index (κ2) is 9.20. The molecular formula is C19H26N2O4. The first-order valence-corrected chi connectivity index (χ1v) is 8.76. The molecule has 6 nitrogen and oxygen atoms in total. The van der Waals surface area contributed by atoms with Gasteiger partial charge in [0.05, 0.1) is 6.61 Å². The average molecular weight is 346 g/mol. The highest BCUT2D eigenvalue weighted by atomic mass is 16.5. The van der Waals surface area contributed by atoms with Crippen molar-refractivity contribution in [3.05, 3.63) is 35.9 Å². The van der Waals surface area contributed by atoms with Crippen molar-refractivity contribution in [1.82, 2.24) is 10.2 Å². The Morgan fingerprint density at radius 1 is 1.24 bits per heavy atom. The number of carbonyl (C=O) groups excluding carboxylic acids is 3. The minimum atomic E-state index is -0.428. The number of amides is 2. The lowest BCUT2D eigenvalue weighted by Crippen LogP contribution is -2.38. The largest absolute Gasteiger partial charge is 0.465 e. The molecule has 2 atom stereocenters. The molecule has 2 amide bonds. The molecule has 0 aliphatic heterocycles. The highest BCUT2D eigenvalue weighted by Crippen LogP contribution is 2.37. The van der Waals surface area contributed by atoms with Gasteiger partial charge in [0.2, 0.25) is 11.8 Å². The van der Waals surface area contributed by atoms with Crippen LogP contribution in [0.2, 0.25) is 0 Å². The highest BCUT2D eigenvalue weighted by molar-refractivity contribution is 5.84. The smallest absolute Gasteiger partial charge is 0.325 e. The minimum Gasteiger partial charge on any atom is -0.465 e. The zero-order valence-corrected chi connectivity index (χ0v) is 14.9. The lowest BCUT2D eigenvalue weighted by atomic mass is 10.2. The summed E-state index contributed by atoms with van der Waals surface area (Å²) in [6.45, 7) is 4.59. The van der Waals surface area contributed by atoms with Gasteiger partial charge in [0.1, 0.15) is 6.54 Å². The summed E-state index contributed by atoms with van der Waals surface area (Å²) in [4.78, 5) is 37.5. The predicted octanol–water partition coefficient (Wildman–Crippen LogP) is 1.74. The number of esters is 1. The first kappa shape index (κ1) is 19.0. The van der Waals surface area contributed by atoms with Gasteiger partial charge in [-0.25, -0.2) is 0 Å². The van der Waals surface area contributed by atoms with Gasteiger partial charge in [-0.1, -0.05) is 37.3 Å². The normalized spacial score (nSPS) is 18.3. The Morgan fingerprint density at radius 3 is 2.52 bits per heavy atom. The molecule has 0 radical (unpaired) electrons. The van der Waals surface area contributed by atoms with Crippen LogP contribution in [-0.2, 0) is 25.7 Å². The number of benzene rings is 1. The van der Waals surface area contributed by atoms with Gasteiger partial charge in [0.15, 0.2) is 0 Å². The molecule has 2 rings (SSSR count). The third-order valence-electron chi connectivity index (χ3n) is 4.28. The van der Waals surface area contributed by atoms with Gasteiger partial charge in [-0.3, -0.25) is 14.4 Å². The molecule has 0 bridgehead atoms. The zero-order valence-electron chi connectivity index (χ0n) is 14.9. The van der Waals surface area contributed by atoms with Crippen LogP contribution < -0.4 is 5.32 Å². The SMILES string of the molecule is CCOC(=O)CN(Cc1ccccc1)C(=O)CCNC(=O)[C@H]1C[C@H]1C. The Hall–Kier alpha value is -2.37. The van der Waals surface area contributed by atoms with Gasteiger partial charge < -0.3 is 15.0 Å². The summed E-state index contributed by atoms with van der Waals surface area (Å²) in [5, 5.41) is 2.80. The summed E-state index contributed by atoms with van der Waals surface area (Å²) in [6, 6.07) is 9.48. The molecule has 0 aromatic heterocycles. The van der Waals surface area contributed by atoms with E-state index in [4.69, 9.17) is 4.74 Å². The Bertz CT molecular complexity index is 603. The van der Waals surface area contributed by atoms with E-state index < -0.39 is 5.97 Å². The van der Waals surface area contributed by atoms with E-state index >= 15 is 0 Å². The van der Waals surface area contributed by atoms with E-state index in [0.29, 0.717) is 12.5 Å². The van der Waals surface area contributed by atoms with Crippen LogP contribution in [0.1, 0.15) is 32.3 Å². The van der Waals surface area contributed by atoms with Crippen LogP contribution in [0.3, 0.4) is 0 Å². The van der Waals surface area contributed by atoms with Crippen molar-refractivity contribution in [1.29, 1.82) is 0 Å². The molecule has 0 spiro atoms. The standard InChI is InChI=1S/C19H26N2O4/c1-3-25-18(23)13-21(12-15-7-5-4-6-8-15)17(22)9-10-20-19(24)16-11-14(16)2/h4-8,14,16H,3,9-13H2,1-2H3,(H,20,24)/t14-,16+/m1/s1. The molecular weight excluding hydrogens is 320 g/mol. The Labute approximate surface area is 148 Å². The number of hydrogen-bond donors (Lipinski definition) is 1. The topological polar surface area (TPSA) is 75.7 Å². The maximum atomic E-state index is 12.5. The summed E-state index contributed by atoms with van der Waals surface area (Å²) in [5.74, 6) is -0.0619. The molecule has 1 aliphatic carbocycles. The zero-order chi connectivity index (χ0) is 18.2. The lowest BCUT2D eigenvalue weighted by molar-refractivity contribution is -0.149. The average Bonchev–Trinajstić information content (AvgIpc) is 3.32. The van der Waals surface area contributed by atoms with Gasteiger partial charge in [-0.15, -0.1) is 0 Å². The second-order valence-corrected chi connectivity index (χ2v) is 6.40. The van der Waals surface area contributed by atoms with E-state index in [1.54, 1.807) is 6.92 Å². The maximum Gasteiger partial charge on any atom is 0.325 e. The van der Waals surface area contributed by atoms with E-state index in [-0.39, 0.29) is 43.8 Å². The monoisotopic (exact) mass is 346 g/mol. The summed E-state index contributed by atoms with van der Waals surface area (Å²) in [7, 11) is 0. The van der Waals surface area contributed by atoms with Gasteiger partial charge in [0, 0.05) is 25.4 Å². The van der Waals surface area contributed by atoms with Gasteiger partial charge in [-0.05, 0) is 24.8 Å². The lowest BCUT2D eigenvalue weighted by Gasteiger charge is -2.22. The quantitative estimate of drug-likeness (QED) is 0.691. The van der Waals surface area contributed by atoms with Crippen molar-refractivity contribution in [2.75, 3.05) is 19.7 Å². The van der Waals surface area contributed by atoms with E-state index in [2.05, 4.69) is 5.32 Å². The fraction of sp³-hybridized carbons (Fsp3) is 0.526. The number of rotatable bonds is 9. The first-order chi connectivity index (χ1) is 12.0. The van der Waals surface area contributed by atoms with Crippen molar-refractivity contribution in [2.24, 2.45) is 11.8 Å². The van der Waals surface area contributed by atoms with Crippen LogP contribution >= 0.6 is 0 Å². The van der Waals surface area contributed by atoms with Gasteiger partial charge >= 0.3 is 5.97 Å². The van der Waals surface area contributed by atoms with Crippen LogP contribution in [0.5, 0.6) is 0 Å². The van der Waals surface area contributed by atoms with E-state index in [1.165, 1.54) is 4.90 Å². The minimum absolute atomic E-state index is 0.0142. The summed E-state index contributed by atoms with van der Waals surface area (Å²) < 4.78 is 4.95. The Kier molecular flexibility index (Phi) is 6.98. The number of hydrogen-bond acceptors (Lipinski definition) is 4. The third-order valence-corrected chi connectivity index (χ3v) is 4.28. The second-order valence-electron chi connectivity index (χ2n) is 6.40. The van der Waals surface area contributed by atoms with Crippen molar-refractivity contribution in [3.63, 3.8) is 0 Å². The van der Waals surface area contributed by atoms with Crippen molar-refractivity contribution in [2.45, 2.75) is 33.2 Å². The fourth-order valence-electron chi connectivity index (χ4n) is 2.67. The van der Waals surface area contributed by atoms with Crippen LogP contribution in [0.15, 0.2) is 30.3 Å². The van der Waals surface area contributed by atoms with Crippen LogP contribution in [-0.4, -0.2) is 42.4 Å². The fourth-order valence-corrected chi connectivity index (χ4v) is 2.67. The Morgan fingerprint density at radius 2 is 1.92 bits per heavy atom. The molecule has 1 N–H and O–H groups in total. The van der Waals surface area contributed by atoms with Crippen LogP contribution in [0.25, 0.3) is 0 Å². The van der Waals surface area contributed by atoms with Gasteiger partial charge in [-0.2, -0.15) is 0 Å². The van der Waals surface area contributed by atoms with Crippen molar-refractivity contribution in [3.8, 4) is 0 Å². The molecule has 1 aliphatic rings. The Balaban J connectivity index is 1.87. The molecule has 1 aromatic rings. The summed E-state index contributed by atoms with van der Waals surface area (Å²) >= 11 is 0. The molecule has 1 aromatic carbocycles. The predicted molar refractivity (Wildman–Crippen MR) is 93.4 cm³/mol. The third kappa shape index (κ3) is 6.21. The van der Waals surface area contributed by atoms with Crippen LogP contribution in [0, 0.1) is 11.8 Å². The highest BCUT2D eigenvalue weighted by Gasteiger charge is 2.38. The molecule has 136 valence electrons. The van der Waals surface area contributed by atoms with Crippen molar-refractivity contribution < 1.29 is 19.1 Å². The summed E-state index contributed by atoms with van der Waals surface area (Å²) in [6.07, 6.45) is 1.09. The molecule has 1 saturated carbocycles. The molecule has 0 unspecified atom stereocenters. The van der Waals surface area contributed by atoms with Crippen LogP contribution in [0.4, 0.5) is 0 Å². The molecule has 25 heavy (non-hydrogen) atoms. The first-order valence-electron chi connectivity index (χ1n) is 8.76. The number of nitrogens with one attached hydrogen (secondary N) is 1. The van der Waals surface area contributed by atoms with E-state index in [9.17, 15) is 14.4 Å². The maximum absolute atomic E-state index is 12.5. The number of ether oxygens (including phenoxy) is 1. The summed E-state index contributed by atoms with van der Waals surface area (Å²) in [5.41, 5.74) is 0.941. The number of carbonyl (C=O) groups is 3. The molecule has 0 heterocycles. The van der Waals surface area contributed by atoms with Gasteiger partial charge in [0.25, 0.3) is 0 Å². The van der Waals surface area contributed by atoms with E-state index in [1.807, 2.05) is 37.3 Å². The molecule has 6 heteroatoms. The number of nitrogens with zero attached hydrogens (tertiary/aromatic N) is 1. The van der Waals surface area contributed by atoms with E-state index in [0.717, 1.165) is 12.0 Å². The molecule has 1 fully saturated rings. The van der Waals surface area contributed by atoms with Crippen molar-refractivity contribution >= 4 is 17.8 Å². The molecule has 0 saturated heterocycles.